The van der Waals surface area contributed by atoms with Crippen LogP contribution in [-0.4, -0.2) is 0 Å². The molecule has 19 heavy (non-hydrogen) atoms. The zero-order chi connectivity index (χ0) is 13.8. The van der Waals surface area contributed by atoms with E-state index in [0.29, 0.717) is 16.6 Å². The molecule has 0 radical (unpaired) electrons. The van der Waals surface area contributed by atoms with Gasteiger partial charge in [-0.15, -0.1) is 0 Å². The highest BCUT2D eigenvalue weighted by atomic mass is 35.5. The number of benzene rings is 2. The molecule has 0 aromatic heterocycles. The van der Waals surface area contributed by atoms with Gasteiger partial charge in [-0.1, -0.05) is 46.9 Å². The summed E-state index contributed by atoms with van der Waals surface area (Å²) < 4.78 is 0. The molecule has 0 aliphatic rings. The third-order valence-electron chi connectivity index (χ3n) is 2.90. The Kier molecular flexibility index (Phi) is 5.12. The van der Waals surface area contributed by atoms with Gasteiger partial charge in [-0.25, -0.2) is 0 Å². The third kappa shape index (κ3) is 4.39. The van der Waals surface area contributed by atoms with E-state index in [1.807, 2.05) is 36.4 Å². The van der Waals surface area contributed by atoms with Crippen LogP contribution in [0.3, 0.4) is 0 Å². The lowest BCUT2D eigenvalue weighted by Crippen LogP contribution is -2.18. The van der Waals surface area contributed by atoms with Crippen LogP contribution >= 0.6 is 34.8 Å². The fraction of sp³-hybridized carbons (Fsp3) is 0.200. The lowest BCUT2D eigenvalue weighted by atomic mass is 10.1. The Morgan fingerprint density at radius 1 is 0.895 bits per heavy atom. The lowest BCUT2D eigenvalue weighted by molar-refractivity contribution is 0.575. The van der Waals surface area contributed by atoms with Crippen LogP contribution in [0.25, 0.3) is 0 Å². The van der Waals surface area contributed by atoms with Gasteiger partial charge < -0.3 is 5.32 Å². The summed E-state index contributed by atoms with van der Waals surface area (Å²) in [6, 6.07) is 13.6. The average molecular weight is 315 g/mol. The second-order valence-electron chi connectivity index (χ2n) is 4.43. The first-order chi connectivity index (χ1) is 9.04. The van der Waals surface area contributed by atoms with E-state index in [1.165, 1.54) is 5.56 Å². The highest BCUT2D eigenvalue weighted by molar-refractivity contribution is 6.34. The van der Waals surface area contributed by atoms with Crippen LogP contribution in [0, 0.1) is 0 Å². The van der Waals surface area contributed by atoms with Crippen molar-refractivity contribution in [2.75, 3.05) is 0 Å². The van der Waals surface area contributed by atoms with Crippen molar-refractivity contribution in [2.45, 2.75) is 19.5 Å². The SMILES string of the molecule is C[C@H](NCc1cc(Cl)cc(Cl)c1)c1ccc(Cl)cc1. The molecule has 0 heterocycles. The summed E-state index contributed by atoms with van der Waals surface area (Å²) in [5.41, 5.74) is 2.26. The maximum Gasteiger partial charge on any atom is 0.0424 e. The molecular formula is C15H14Cl3N. The highest BCUT2D eigenvalue weighted by Gasteiger charge is 2.05. The first-order valence-electron chi connectivity index (χ1n) is 5.98. The van der Waals surface area contributed by atoms with E-state index in [4.69, 9.17) is 34.8 Å². The summed E-state index contributed by atoms with van der Waals surface area (Å²) in [4.78, 5) is 0. The van der Waals surface area contributed by atoms with Crippen LogP contribution in [0.15, 0.2) is 42.5 Å². The van der Waals surface area contributed by atoms with Crippen LogP contribution in [0.1, 0.15) is 24.1 Å². The summed E-state index contributed by atoms with van der Waals surface area (Å²) in [7, 11) is 0. The Balaban J connectivity index is 1.99. The molecule has 2 rings (SSSR count). The molecule has 0 amide bonds. The molecule has 0 fully saturated rings. The van der Waals surface area contributed by atoms with Gasteiger partial charge in [-0.2, -0.15) is 0 Å². The molecular weight excluding hydrogens is 301 g/mol. The average Bonchev–Trinajstić information content (AvgIpc) is 2.36. The van der Waals surface area contributed by atoms with Crippen molar-refractivity contribution in [1.82, 2.24) is 5.32 Å². The minimum absolute atomic E-state index is 0.232. The van der Waals surface area contributed by atoms with Crippen LogP contribution in [0.2, 0.25) is 15.1 Å². The van der Waals surface area contributed by atoms with Crippen molar-refractivity contribution >= 4 is 34.8 Å². The molecule has 0 aliphatic heterocycles. The first-order valence-corrected chi connectivity index (χ1v) is 7.12. The van der Waals surface area contributed by atoms with Gasteiger partial charge in [0, 0.05) is 27.7 Å². The minimum Gasteiger partial charge on any atom is -0.306 e. The molecule has 1 N–H and O–H groups in total. The van der Waals surface area contributed by atoms with Crippen LogP contribution in [0.5, 0.6) is 0 Å². The van der Waals surface area contributed by atoms with E-state index >= 15 is 0 Å². The largest absolute Gasteiger partial charge is 0.306 e. The normalized spacial score (nSPS) is 12.4. The van der Waals surface area contributed by atoms with E-state index in [9.17, 15) is 0 Å². The van der Waals surface area contributed by atoms with Gasteiger partial charge in [0.1, 0.15) is 0 Å². The molecule has 1 atom stereocenters. The highest BCUT2D eigenvalue weighted by Crippen LogP contribution is 2.20. The first kappa shape index (κ1) is 14.7. The quantitative estimate of drug-likeness (QED) is 0.786. The summed E-state index contributed by atoms with van der Waals surface area (Å²) in [6.45, 7) is 2.82. The molecule has 2 aromatic carbocycles. The monoisotopic (exact) mass is 313 g/mol. The number of hydrogen-bond donors (Lipinski definition) is 1. The summed E-state index contributed by atoms with van der Waals surface area (Å²) in [5, 5.41) is 5.49. The summed E-state index contributed by atoms with van der Waals surface area (Å²) in [5.74, 6) is 0. The molecule has 2 aromatic rings. The van der Waals surface area contributed by atoms with Crippen molar-refractivity contribution in [1.29, 1.82) is 0 Å². The number of rotatable bonds is 4. The molecule has 4 heteroatoms. The van der Waals surface area contributed by atoms with E-state index in [0.717, 1.165) is 10.6 Å². The van der Waals surface area contributed by atoms with E-state index < -0.39 is 0 Å². The van der Waals surface area contributed by atoms with Gasteiger partial charge >= 0.3 is 0 Å². The topological polar surface area (TPSA) is 12.0 Å². The fourth-order valence-electron chi connectivity index (χ4n) is 1.85. The van der Waals surface area contributed by atoms with E-state index in [2.05, 4.69) is 12.2 Å². The predicted octanol–water partition coefficient (Wildman–Crippen LogP) is 5.50. The third-order valence-corrected chi connectivity index (χ3v) is 3.59. The molecule has 100 valence electrons. The smallest absolute Gasteiger partial charge is 0.0424 e. The van der Waals surface area contributed by atoms with Crippen molar-refractivity contribution in [3.63, 3.8) is 0 Å². The van der Waals surface area contributed by atoms with Crippen molar-refractivity contribution in [3.05, 3.63) is 68.7 Å². The number of halogens is 3. The second kappa shape index (κ2) is 6.62. The lowest BCUT2D eigenvalue weighted by Gasteiger charge is -2.14. The number of nitrogens with one attached hydrogen (secondary N) is 1. The van der Waals surface area contributed by atoms with Crippen molar-refractivity contribution in [2.24, 2.45) is 0 Å². The Morgan fingerprint density at radius 2 is 1.47 bits per heavy atom. The Hall–Kier alpha value is -0.730. The van der Waals surface area contributed by atoms with Crippen molar-refractivity contribution < 1.29 is 0 Å². The molecule has 0 saturated heterocycles. The van der Waals surface area contributed by atoms with Crippen LogP contribution in [-0.2, 0) is 6.54 Å². The van der Waals surface area contributed by atoms with Gasteiger partial charge in [-0.3, -0.25) is 0 Å². The maximum absolute atomic E-state index is 5.97. The molecule has 0 unspecified atom stereocenters. The molecule has 0 spiro atoms. The van der Waals surface area contributed by atoms with E-state index in [1.54, 1.807) is 6.07 Å². The summed E-state index contributed by atoms with van der Waals surface area (Å²) in [6.07, 6.45) is 0. The van der Waals surface area contributed by atoms with Gasteiger partial charge in [-0.05, 0) is 48.4 Å². The fourth-order valence-corrected chi connectivity index (χ4v) is 2.55. The minimum atomic E-state index is 0.232. The Morgan fingerprint density at radius 3 is 2.05 bits per heavy atom. The zero-order valence-electron chi connectivity index (χ0n) is 10.5. The Bertz CT molecular complexity index is 532. The molecule has 0 bridgehead atoms. The maximum atomic E-state index is 5.97. The second-order valence-corrected chi connectivity index (χ2v) is 5.74. The van der Waals surface area contributed by atoms with Crippen LogP contribution in [0.4, 0.5) is 0 Å². The summed E-state index contributed by atoms with van der Waals surface area (Å²) >= 11 is 17.8. The standard InChI is InChI=1S/C15H14Cl3N/c1-10(12-2-4-13(16)5-3-12)19-9-11-6-14(17)8-15(18)7-11/h2-8,10,19H,9H2,1H3/t10-/m0/s1. The van der Waals surface area contributed by atoms with Gasteiger partial charge in [0.05, 0.1) is 0 Å². The van der Waals surface area contributed by atoms with Crippen molar-refractivity contribution in [3.8, 4) is 0 Å². The molecule has 0 aliphatic carbocycles. The molecule has 1 nitrogen and oxygen atoms in total. The number of hydrogen-bond acceptors (Lipinski definition) is 1. The van der Waals surface area contributed by atoms with Gasteiger partial charge in [0.25, 0.3) is 0 Å². The van der Waals surface area contributed by atoms with Gasteiger partial charge in [0.2, 0.25) is 0 Å². The van der Waals surface area contributed by atoms with Crippen LogP contribution < -0.4 is 5.32 Å². The predicted molar refractivity (Wildman–Crippen MR) is 83.2 cm³/mol. The van der Waals surface area contributed by atoms with Gasteiger partial charge in [0.15, 0.2) is 0 Å². The van der Waals surface area contributed by atoms with E-state index in [-0.39, 0.29) is 6.04 Å². The molecule has 0 saturated carbocycles. The Labute approximate surface area is 128 Å². The zero-order valence-corrected chi connectivity index (χ0v) is 12.7.